The minimum atomic E-state index is -4.47. The summed E-state index contributed by atoms with van der Waals surface area (Å²) in [6, 6.07) is 11.8. The van der Waals surface area contributed by atoms with Crippen LogP contribution in [0.2, 0.25) is 0 Å². The first-order valence-electron chi connectivity index (χ1n) is 8.81. The molecule has 29 heavy (non-hydrogen) atoms. The topological polar surface area (TPSA) is 68.5 Å². The molecule has 150 valence electrons. The van der Waals surface area contributed by atoms with Gasteiger partial charge in [0.15, 0.2) is 5.82 Å². The van der Waals surface area contributed by atoms with Crippen LogP contribution >= 0.6 is 0 Å². The zero-order valence-electron chi connectivity index (χ0n) is 15.3. The Kier molecular flexibility index (Phi) is 4.73. The van der Waals surface area contributed by atoms with Crippen LogP contribution in [0.3, 0.4) is 0 Å². The number of amides is 1. The minimum absolute atomic E-state index is 0.0906. The number of methoxy groups -OCH3 is 1. The molecular formula is C20H16F3N3O3. The third kappa shape index (κ3) is 3.80. The molecular weight excluding hydrogens is 387 g/mol. The molecule has 1 amide bonds. The first kappa shape index (κ1) is 19.0. The van der Waals surface area contributed by atoms with E-state index >= 15 is 0 Å². The molecule has 0 bridgehead atoms. The molecule has 3 aromatic rings. The fraction of sp³-hybridized carbons (Fsp3) is 0.250. The number of aromatic nitrogens is 2. The maximum absolute atomic E-state index is 13.0. The van der Waals surface area contributed by atoms with E-state index in [1.807, 2.05) is 0 Å². The van der Waals surface area contributed by atoms with Crippen molar-refractivity contribution in [3.8, 4) is 17.2 Å². The summed E-state index contributed by atoms with van der Waals surface area (Å²) in [6.07, 6.45) is -4.38. The highest BCUT2D eigenvalue weighted by Gasteiger charge is 2.36. The molecule has 0 saturated carbocycles. The number of ether oxygens (including phenoxy) is 1. The lowest BCUT2D eigenvalue weighted by molar-refractivity contribution is -0.137. The van der Waals surface area contributed by atoms with Gasteiger partial charge in [-0.25, -0.2) is 0 Å². The van der Waals surface area contributed by atoms with Crippen LogP contribution in [0.15, 0.2) is 53.1 Å². The van der Waals surface area contributed by atoms with Crippen LogP contribution in [0, 0.1) is 0 Å². The van der Waals surface area contributed by atoms with Crippen molar-refractivity contribution in [2.45, 2.75) is 18.5 Å². The van der Waals surface area contributed by atoms with Crippen molar-refractivity contribution < 1.29 is 27.2 Å². The lowest BCUT2D eigenvalue weighted by Crippen LogP contribution is -2.24. The molecule has 1 aliphatic rings. The van der Waals surface area contributed by atoms with Crippen LogP contribution in [0.25, 0.3) is 11.5 Å². The average Bonchev–Trinajstić information content (AvgIpc) is 3.34. The van der Waals surface area contributed by atoms with Crippen molar-refractivity contribution >= 4 is 11.6 Å². The molecule has 2 aromatic carbocycles. The lowest BCUT2D eigenvalue weighted by Gasteiger charge is -2.18. The van der Waals surface area contributed by atoms with E-state index in [0.717, 1.165) is 12.1 Å². The summed E-state index contributed by atoms with van der Waals surface area (Å²) in [5.74, 6) is 0.589. The number of carbonyl (C=O) groups is 1. The summed E-state index contributed by atoms with van der Waals surface area (Å²) in [6.45, 7) is 0.178. The highest BCUT2D eigenvalue weighted by atomic mass is 19.4. The smallest absolute Gasteiger partial charge is 0.416 e. The number of anilines is 1. The Labute approximate surface area is 163 Å². The first-order chi connectivity index (χ1) is 13.8. The van der Waals surface area contributed by atoms with E-state index in [1.165, 1.54) is 17.0 Å². The molecule has 0 N–H and O–H groups in total. The van der Waals surface area contributed by atoms with Gasteiger partial charge >= 0.3 is 6.18 Å². The van der Waals surface area contributed by atoms with Gasteiger partial charge in [-0.1, -0.05) is 17.3 Å². The maximum Gasteiger partial charge on any atom is 0.416 e. The predicted molar refractivity (Wildman–Crippen MR) is 97.4 cm³/mol. The zero-order chi connectivity index (χ0) is 20.6. The Hall–Kier alpha value is -3.36. The average molecular weight is 403 g/mol. The van der Waals surface area contributed by atoms with Crippen LogP contribution in [0.4, 0.5) is 18.9 Å². The second-order valence-electron chi connectivity index (χ2n) is 6.64. The van der Waals surface area contributed by atoms with Gasteiger partial charge < -0.3 is 14.2 Å². The molecule has 0 spiro atoms. The number of alkyl halides is 3. The SMILES string of the molecule is COc1cccc(-c2nc(C3CC(=O)N(c4cccc(C(F)(F)F)c4)C3)no2)c1. The summed E-state index contributed by atoms with van der Waals surface area (Å²) in [4.78, 5) is 18.1. The monoisotopic (exact) mass is 403 g/mol. The molecule has 2 heterocycles. The highest BCUT2D eigenvalue weighted by Crippen LogP contribution is 2.35. The number of hydrogen-bond acceptors (Lipinski definition) is 5. The predicted octanol–water partition coefficient (Wildman–Crippen LogP) is 4.28. The van der Waals surface area contributed by atoms with Crippen LogP contribution in [-0.4, -0.2) is 29.7 Å². The number of halogens is 3. The van der Waals surface area contributed by atoms with Crippen molar-refractivity contribution in [2.24, 2.45) is 0 Å². The van der Waals surface area contributed by atoms with Gasteiger partial charge in [0.05, 0.1) is 12.7 Å². The largest absolute Gasteiger partial charge is 0.497 e. The third-order valence-electron chi connectivity index (χ3n) is 4.73. The third-order valence-corrected chi connectivity index (χ3v) is 4.73. The summed E-state index contributed by atoms with van der Waals surface area (Å²) >= 11 is 0. The molecule has 4 rings (SSSR count). The van der Waals surface area contributed by atoms with Gasteiger partial charge in [0, 0.05) is 30.1 Å². The fourth-order valence-electron chi connectivity index (χ4n) is 3.25. The summed E-state index contributed by atoms with van der Waals surface area (Å²) in [5.41, 5.74) is 0.0668. The standard InChI is InChI=1S/C20H16F3N3O3/c1-28-16-7-2-4-12(8-16)19-24-18(25-29-19)13-9-17(27)26(11-13)15-6-3-5-14(10-15)20(21,22)23/h2-8,10,13H,9,11H2,1H3. The van der Waals surface area contributed by atoms with E-state index in [4.69, 9.17) is 9.26 Å². The van der Waals surface area contributed by atoms with E-state index in [1.54, 1.807) is 31.4 Å². The highest BCUT2D eigenvalue weighted by molar-refractivity contribution is 5.96. The van der Waals surface area contributed by atoms with Crippen LogP contribution in [0.1, 0.15) is 23.7 Å². The van der Waals surface area contributed by atoms with Gasteiger partial charge in [0.1, 0.15) is 5.75 Å². The van der Waals surface area contributed by atoms with Gasteiger partial charge in [-0.15, -0.1) is 0 Å². The molecule has 1 fully saturated rings. The fourth-order valence-corrected chi connectivity index (χ4v) is 3.25. The molecule has 0 radical (unpaired) electrons. The Morgan fingerprint density at radius 3 is 2.72 bits per heavy atom. The molecule has 0 aliphatic carbocycles. The van der Waals surface area contributed by atoms with E-state index in [0.29, 0.717) is 17.1 Å². The van der Waals surface area contributed by atoms with Gasteiger partial charge in [0.2, 0.25) is 5.91 Å². The Morgan fingerprint density at radius 1 is 1.17 bits per heavy atom. The van der Waals surface area contributed by atoms with Crippen LogP contribution in [0.5, 0.6) is 5.75 Å². The van der Waals surface area contributed by atoms with Crippen molar-refractivity contribution in [3.63, 3.8) is 0 Å². The molecule has 1 atom stereocenters. The van der Waals surface area contributed by atoms with Gasteiger partial charge in [-0.2, -0.15) is 18.2 Å². The number of benzene rings is 2. The first-order valence-corrected chi connectivity index (χ1v) is 8.81. The van der Waals surface area contributed by atoms with Gasteiger partial charge in [0.25, 0.3) is 5.89 Å². The number of hydrogen-bond donors (Lipinski definition) is 0. The van der Waals surface area contributed by atoms with Gasteiger partial charge in [-0.05, 0) is 36.4 Å². The number of rotatable bonds is 4. The van der Waals surface area contributed by atoms with Crippen LogP contribution in [-0.2, 0) is 11.0 Å². The van der Waals surface area contributed by atoms with Crippen molar-refractivity contribution in [2.75, 3.05) is 18.6 Å². The normalized spacial score (nSPS) is 17.0. The summed E-state index contributed by atoms with van der Waals surface area (Å²) in [5, 5.41) is 3.96. The second-order valence-corrected chi connectivity index (χ2v) is 6.64. The number of nitrogens with zero attached hydrogens (tertiary/aromatic N) is 3. The maximum atomic E-state index is 13.0. The van der Waals surface area contributed by atoms with E-state index in [9.17, 15) is 18.0 Å². The molecule has 1 aliphatic heterocycles. The lowest BCUT2D eigenvalue weighted by atomic mass is 10.1. The van der Waals surface area contributed by atoms with Crippen LogP contribution < -0.4 is 9.64 Å². The Bertz CT molecular complexity index is 1050. The quantitative estimate of drug-likeness (QED) is 0.650. The van der Waals surface area contributed by atoms with E-state index < -0.39 is 11.7 Å². The molecule has 9 heteroatoms. The molecule has 1 unspecified atom stereocenters. The van der Waals surface area contributed by atoms with Gasteiger partial charge in [-0.3, -0.25) is 4.79 Å². The molecule has 1 saturated heterocycles. The molecule has 6 nitrogen and oxygen atoms in total. The minimum Gasteiger partial charge on any atom is -0.497 e. The van der Waals surface area contributed by atoms with E-state index in [-0.39, 0.29) is 36.4 Å². The van der Waals surface area contributed by atoms with Crippen molar-refractivity contribution in [1.82, 2.24) is 10.1 Å². The Morgan fingerprint density at radius 2 is 1.97 bits per heavy atom. The number of carbonyl (C=O) groups excluding carboxylic acids is 1. The summed E-state index contributed by atoms with van der Waals surface area (Å²) < 4.78 is 49.4. The van der Waals surface area contributed by atoms with Crippen molar-refractivity contribution in [3.05, 3.63) is 59.9 Å². The molecule has 1 aromatic heterocycles. The second kappa shape index (κ2) is 7.23. The van der Waals surface area contributed by atoms with Crippen molar-refractivity contribution in [1.29, 1.82) is 0 Å². The Balaban J connectivity index is 1.55. The van der Waals surface area contributed by atoms with E-state index in [2.05, 4.69) is 10.1 Å². The summed E-state index contributed by atoms with van der Waals surface area (Å²) in [7, 11) is 1.55. The zero-order valence-corrected chi connectivity index (χ0v) is 15.3.